The van der Waals surface area contributed by atoms with Gasteiger partial charge in [0.05, 0.1) is 6.10 Å². The second kappa shape index (κ2) is 4.97. The molecule has 1 aliphatic rings. The molecule has 5 nitrogen and oxygen atoms in total. The van der Waals surface area contributed by atoms with Crippen molar-refractivity contribution in [3.63, 3.8) is 0 Å². The van der Waals surface area contributed by atoms with E-state index in [2.05, 4.69) is 11.1 Å². The van der Waals surface area contributed by atoms with Crippen LogP contribution in [0.2, 0.25) is 0 Å². The van der Waals surface area contributed by atoms with Gasteiger partial charge in [-0.15, -0.1) is 0 Å². The van der Waals surface area contributed by atoms with Crippen molar-refractivity contribution in [1.29, 1.82) is 0 Å². The van der Waals surface area contributed by atoms with Crippen LogP contribution in [0.3, 0.4) is 0 Å². The molecule has 2 rings (SSSR count). The van der Waals surface area contributed by atoms with E-state index in [1.54, 1.807) is 0 Å². The van der Waals surface area contributed by atoms with E-state index in [0.29, 0.717) is 0 Å². The van der Waals surface area contributed by atoms with E-state index in [4.69, 9.17) is 16.2 Å². The number of amides is 1. The third-order valence-electron chi connectivity index (χ3n) is 2.74. The van der Waals surface area contributed by atoms with Crippen LogP contribution in [0.15, 0.2) is 29.3 Å². The Bertz CT molecular complexity index is 453. The Hall–Kier alpha value is -1.88. The number of nitrogens with two attached hydrogens (primary N) is 2. The molecule has 0 aliphatic heterocycles. The van der Waals surface area contributed by atoms with Crippen molar-refractivity contribution < 1.29 is 9.53 Å². The first-order valence-corrected chi connectivity index (χ1v) is 5.48. The quantitative estimate of drug-likeness (QED) is 0.587. The van der Waals surface area contributed by atoms with E-state index in [0.717, 1.165) is 18.4 Å². The first kappa shape index (κ1) is 11.6. The van der Waals surface area contributed by atoms with Gasteiger partial charge >= 0.3 is 0 Å². The van der Waals surface area contributed by atoms with Gasteiger partial charge in [0, 0.05) is 0 Å². The number of aliphatic imine (C=N–C) groups is 1. The van der Waals surface area contributed by atoms with Crippen molar-refractivity contribution in [3.8, 4) is 0 Å². The van der Waals surface area contributed by atoms with Crippen molar-refractivity contribution >= 4 is 11.9 Å². The van der Waals surface area contributed by atoms with Gasteiger partial charge < -0.3 is 16.2 Å². The van der Waals surface area contributed by atoms with Crippen LogP contribution in [0.1, 0.15) is 23.7 Å². The molecule has 17 heavy (non-hydrogen) atoms. The number of benzene rings is 1. The van der Waals surface area contributed by atoms with E-state index in [9.17, 15) is 4.79 Å². The Balaban J connectivity index is 1.94. The maximum Gasteiger partial charge on any atom is 0.274 e. The highest BCUT2D eigenvalue weighted by Gasteiger charge is 2.22. The van der Waals surface area contributed by atoms with E-state index >= 15 is 0 Å². The minimum absolute atomic E-state index is 0.0238. The lowest BCUT2D eigenvalue weighted by atomic mass is 10.1. The summed E-state index contributed by atoms with van der Waals surface area (Å²) >= 11 is 0. The molecule has 1 aliphatic carbocycles. The Morgan fingerprint density at radius 1 is 1.41 bits per heavy atom. The molecule has 1 amide bonds. The number of fused-ring (bicyclic) bond motifs is 1. The number of nitrogens with zero attached hydrogens (tertiary/aromatic N) is 1. The van der Waals surface area contributed by atoms with E-state index < -0.39 is 5.91 Å². The van der Waals surface area contributed by atoms with Gasteiger partial charge in [-0.3, -0.25) is 4.79 Å². The molecule has 4 N–H and O–H groups in total. The molecule has 1 aromatic rings. The summed E-state index contributed by atoms with van der Waals surface area (Å²) in [5.74, 6) is -0.681. The largest absolute Gasteiger partial charge is 0.370 e. The zero-order valence-corrected chi connectivity index (χ0v) is 9.43. The zero-order chi connectivity index (χ0) is 12.3. The molecule has 1 unspecified atom stereocenters. The molecule has 0 saturated heterocycles. The molecule has 90 valence electrons. The second-order valence-corrected chi connectivity index (χ2v) is 3.97. The molecule has 0 spiro atoms. The van der Waals surface area contributed by atoms with Crippen molar-refractivity contribution in [2.75, 3.05) is 6.61 Å². The molecule has 0 saturated carbocycles. The predicted octanol–water partition coefficient (Wildman–Crippen LogP) is 0.491. The van der Waals surface area contributed by atoms with E-state index in [-0.39, 0.29) is 18.7 Å². The van der Waals surface area contributed by atoms with Gasteiger partial charge in [-0.2, -0.15) is 4.99 Å². The molecular weight excluding hydrogens is 218 g/mol. The summed E-state index contributed by atoms with van der Waals surface area (Å²) in [7, 11) is 0. The molecule has 1 atom stereocenters. The van der Waals surface area contributed by atoms with Gasteiger partial charge in [-0.1, -0.05) is 24.3 Å². The average Bonchev–Trinajstić information content (AvgIpc) is 2.69. The zero-order valence-electron chi connectivity index (χ0n) is 9.43. The van der Waals surface area contributed by atoms with Crippen LogP contribution in [0, 0.1) is 0 Å². The van der Waals surface area contributed by atoms with Gasteiger partial charge in [0.15, 0.2) is 5.96 Å². The van der Waals surface area contributed by atoms with Gasteiger partial charge in [0.1, 0.15) is 6.61 Å². The van der Waals surface area contributed by atoms with Crippen LogP contribution in [0.4, 0.5) is 0 Å². The van der Waals surface area contributed by atoms with Crippen LogP contribution < -0.4 is 11.5 Å². The molecule has 0 heterocycles. The summed E-state index contributed by atoms with van der Waals surface area (Å²) in [6, 6.07) is 8.08. The topological polar surface area (TPSA) is 90.7 Å². The molecule has 5 heteroatoms. The molecule has 0 aromatic heterocycles. The summed E-state index contributed by atoms with van der Waals surface area (Å²) < 4.78 is 5.52. The van der Waals surface area contributed by atoms with Crippen LogP contribution in [-0.2, 0) is 16.0 Å². The Morgan fingerprint density at radius 2 is 2.18 bits per heavy atom. The summed E-state index contributed by atoms with van der Waals surface area (Å²) in [5.41, 5.74) is 12.7. The maximum atomic E-state index is 11.2. The van der Waals surface area contributed by atoms with Crippen molar-refractivity contribution in [3.05, 3.63) is 35.4 Å². The smallest absolute Gasteiger partial charge is 0.274 e. The highest BCUT2D eigenvalue weighted by Crippen LogP contribution is 2.33. The Morgan fingerprint density at radius 3 is 2.94 bits per heavy atom. The normalized spacial score (nSPS) is 17.5. The molecule has 0 fully saturated rings. The molecule has 1 aromatic carbocycles. The van der Waals surface area contributed by atoms with Gasteiger partial charge in [-0.05, 0) is 24.0 Å². The molecular formula is C12H15N3O2. The molecule has 0 radical (unpaired) electrons. The minimum Gasteiger partial charge on any atom is -0.370 e. The summed E-state index contributed by atoms with van der Waals surface area (Å²) in [6.45, 7) is -0.0864. The number of hydrogen-bond acceptors (Lipinski definition) is 2. The van der Waals surface area contributed by atoms with Crippen LogP contribution in [-0.4, -0.2) is 18.5 Å². The first-order valence-electron chi connectivity index (χ1n) is 5.48. The number of carbonyl (C=O) groups is 1. The SMILES string of the molecule is NC(N)=NC(=O)COC1CCc2ccccc21. The van der Waals surface area contributed by atoms with Crippen molar-refractivity contribution in [2.24, 2.45) is 16.5 Å². The third-order valence-corrected chi connectivity index (χ3v) is 2.74. The fraction of sp³-hybridized carbons (Fsp3) is 0.333. The monoisotopic (exact) mass is 233 g/mol. The molecule has 0 bridgehead atoms. The van der Waals surface area contributed by atoms with Gasteiger partial charge in [-0.25, -0.2) is 0 Å². The highest BCUT2D eigenvalue weighted by molar-refractivity contribution is 5.92. The van der Waals surface area contributed by atoms with Crippen LogP contribution >= 0.6 is 0 Å². The standard InChI is InChI=1S/C12H15N3O2/c13-12(14)15-11(16)7-17-10-6-5-8-3-1-2-4-9(8)10/h1-4,10H,5-7H2,(H4,13,14,15,16). The highest BCUT2D eigenvalue weighted by atomic mass is 16.5. The predicted molar refractivity (Wildman–Crippen MR) is 64.3 cm³/mol. The number of ether oxygens (including phenoxy) is 1. The number of rotatable bonds is 3. The van der Waals surface area contributed by atoms with Crippen LogP contribution in [0.25, 0.3) is 0 Å². The van der Waals surface area contributed by atoms with Crippen LogP contribution in [0.5, 0.6) is 0 Å². The number of guanidine groups is 1. The lowest BCUT2D eigenvalue weighted by molar-refractivity contribution is -0.124. The lowest BCUT2D eigenvalue weighted by Crippen LogP contribution is -2.25. The third kappa shape index (κ3) is 2.82. The van der Waals surface area contributed by atoms with Crippen molar-refractivity contribution in [2.45, 2.75) is 18.9 Å². The summed E-state index contributed by atoms with van der Waals surface area (Å²) in [4.78, 5) is 14.7. The summed E-state index contributed by atoms with van der Waals surface area (Å²) in [6.07, 6.45) is 1.86. The maximum absolute atomic E-state index is 11.2. The Kier molecular flexibility index (Phi) is 3.39. The first-order chi connectivity index (χ1) is 8.16. The average molecular weight is 233 g/mol. The fourth-order valence-corrected chi connectivity index (χ4v) is 2.04. The number of carbonyl (C=O) groups excluding carboxylic acids is 1. The number of hydrogen-bond donors (Lipinski definition) is 2. The van der Waals surface area contributed by atoms with Gasteiger partial charge in [0.25, 0.3) is 5.91 Å². The van der Waals surface area contributed by atoms with Gasteiger partial charge in [0.2, 0.25) is 0 Å². The number of aryl methyl sites for hydroxylation is 1. The minimum atomic E-state index is -0.450. The second-order valence-electron chi connectivity index (χ2n) is 3.97. The van der Waals surface area contributed by atoms with E-state index in [1.807, 2.05) is 18.2 Å². The fourth-order valence-electron chi connectivity index (χ4n) is 2.04. The lowest BCUT2D eigenvalue weighted by Gasteiger charge is -2.11. The Labute approximate surface area is 99.5 Å². The van der Waals surface area contributed by atoms with E-state index in [1.165, 1.54) is 5.56 Å². The van der Waals surface area contributed by atoms with Crippen molar-refractivity contribution in [1.82, 2.24) is 0 Å². The summed E-state index contributed by atoms with van der Waals surface area (Å²) in [5, 5.41) is 0.